The zero-order valence-corrected chi connectivity index (χ0v) is 15.9. The molecule has 0 spiro atoms. The van der Waals surface area contributed by atoms with E-state index in [4.69, 9.17) is 4.42 Å². The van der Waals surface area contributed by atoms with Crippen LogP contribution in [0.5, 0.6) is 0 Å². The molecule has 4 aromatic rings. The van der Waals surface area contributed by atoms with E-state index >= 15 is 0 Å². The second-order valence-corrected chi connectivity index (χ2v) is 6.62. The number of rotatable bonds is 5. The summed E-state index contributed by atoms with van der Waals surface area (Å²) in [5.41, 5.74) is 3.24. The molecule has 0 unspecified atom stereocenters. The zero-order chi connectivity index (χ0) is 21.1. The number of benzene rings is 3. The fourth-order valence-corrected chi connectivity index (χ4v) is 2.89. The lowest BCUT2D eigenvalue weighted by atomic mass is 10.1. The third-order valence-corrected chi connectivity index (χ3v) is 4.40. The molecule has 8 heteroatoms. The van der Waals surface area contributed by atoms with Gasteiger partial charge in [0.15, 0.2) is 0 Å². The fourth-order valence-electron chi connectivity index (χ4n) is 2.89. The predicted molar refractivity (Wildman–Crippen MR) is 111 cm³/mol. The first-order chi connectivity index (χ1) is 14.5. The van der Waals surface area contributed by atoms with Gasteiger partial charge in [-0.05, 0) is 49.4 Å². The van der Waals surface area contributed by atoms with Gasteiger partial charge in [0.05, 0.1) is 4.92 Å². The second kappa shape index (κ2) is 7.96. The molecule has 0 radical (unpaired) electrons. The molecule has 0 saturated heterocycles. The summed E-state index contributed by atoms with van der Waals surface area (Å²) in [7, 11) is 0. The summed E-state index contributed by atoms with van der Waals surface area (Å²) in [4.78, 5) is 22.7. The fraction of sp³-hybridized carbons (Fsp3) is 0.0455. The number of nitro groups is 1. The van der Waals surface area contributed by atoms with Crippen LogP contribution in [0.3, 0.4) is 0 Å². The van der Waals surface area contributed by atoms with E-state index in [0.717, 1.165) is 11.1 Å². The molecule has 4 rings (SSSR count). The van der Waals surface area contributed by atoms with E-state index in [-0.39, 0.29) is 11.3 Å². The van der Waals surface area contributed by atoms with Gasteiger partial charge in [-0.1, -0.05) is 23.8 Å². The van der Waals surface area contributed by atoms with Crippen molar-refractivity contribution in [2.45, 2.75) is 6.92 Å². The molecule has 0 bridgehead atoms. The lowest BCUT2D eigenvalue weighted by Crippen LogP contribution is -2.11. The number of amides is 1. The van der Waals surface area contributed by atoms with Gasteiger partial charge in [-0.25, -0.2) is 0 Å². The average Bonchev–Trinajstić information content (AvgIpc) is 3.25. The van der Waals surface area contributed by atoms with Crippen molar-refractivity contribution in [3.8, 4) is 22.9 Å². The van der Waals surface area contributed by atoms with E-state index in [1.807, 2.05) is 31.2 Å². The number of non-ortho nitro benzene ring substituents is 1. The summed E-state index contributed by atoms with van der Waals surface area (Å²) in [5.74, 6) is 0.353. The van der Waals surface area contributed by atoms with E-state index in [9.17, 15) is 14.9 Å². The predicted octanol–water partition coefficient (Wildman–Crippen LogP) is 4.87. The maximum Gasteiger partial charge on any atom is 0.270 e. The van der Waals surface area contributed by atoms with E-state index in [2.05, 4.69) is 15.5 Å². The number of carbonyl (C=O) groups is 1. The minimum Gasteiger partial charge on any atom is -0.416 e. The average molecular weight is 400 g/mol. The van der Waals surface area contributed by atoms with Gasteiger partial charge in [-0.2, -0.15) is 0 Å². The number of nitrogens with one attached hydrogen (secondary N) is 1. The van der Waals surface area contributed by atoms with Crippen LogP contribution in [-0.2, 0) is 0 Å². The maximum absolute atomic E-state index is 12.4. The highest BCUT2D eigenvalue weighted by Crippen LogP contribution is 2.25. The highest BCUT2D eigenvalue weighted by molar-refractivity contribution is 6.04. The molecular formula is C22H16N4O4. The van der Waals surface area contributed by atoms with Crippen LogP contribution >= 0.6 is 0 Å². The first kappa shape index (κ1) is 19.0. The van der Waals surface area contributed by atoms with Crippen molar-refractivity contribution < 1.29 is 14.1 Å². The highest BCUT2D eigenvalue weighted by Gasteiger charge is 2.13. The molecule has 0 fully saturated rings. The molecule has 0 aliphatic rings. The largest absolute Gasteiger partial charge is 0.416 e. The van der Waals surface area contributed by atoms with Gasteiger partial charge < -0.3 is 9.73 Å². The standard InChI is InChI=1S/C22H16N4O4/c1-14-4-2-6-17(12-14)22-25-24-21(30-22)15-8-10-18(11-9-15)23-20(27)16-5-3-7-19(13-16)26(28)29/h2-13H,1H3,(H,23,27). The molecular weight excluding hydrogens is 384 g/mol. The SMILES string of the molecule is Cc1cccc(-c2nnc(-c3ccc(NC(=O)c4cccc([N+](=O)[O-])c4)cc3)o2)c1. The first-order valence-electron chi connectivity index (χ1n) is 9.06. The summed E-state index contributed by atoms with van der Waals surface area (Å²) in [6.45, 7) is 1.99. The highest BCUT2D eigenvalue weighted by atomic mass is 16.6. The van der Waals surface area contributed by atoms with Crippen molar-refractivity contribution in [3.63, 3.8) is 0 Å². The third-order valence-electron chi connectivity index (χ3n) is 4.40. The number of hydrogen-bond acceptors (Lipinski definition) is 6. The van der Waals surface area contributed by atoms with Gasteiger partial charge in [-0.15, -0.1) is 10.2 Å². The number of carbonyl (C=O) groups excluding carboxylic acids is 1. The quantitative estimate of drug-likeness (QED) is 0.378. The summed E-state index contributed by atoms with van der Waals surface area (Å²) in [6, 6.07) is 20.2. The molecule has 0 aliphatic carbocycles. The van der Waals surface area contributed by atoms with Gasteiger partial charge in [0.25, 0.3) is 11.6 Å². The van der Waals surface area contributed by atoms with Crippen molar-refractivity contribution in [2.75, 3.05) is 5.32 Å². The summed E-state index contributed by atoms with van der Waals surface area (Å²) >= 11 is 0. The Balaban J connectivity index is 1.49. The molecule has 1 amide bonds. The molecule has 8 nitrogen and oxygen atoms in total. The number of nitrogens with zero attached hydrogens (tertiary/aromatic N) is 3. The van der Waals surface area contributed by atoms with Crippen molar-refractivity contribution >= 4 is 17.3 Å². The monoisotopic (exact) mass is 400 g/mol. The van der Waals surface area contributed by atoms with Crippen molar-refractivity contribution in [1.29, 1.82) is 0 Å². The zero-order valence-electron chi connectivity index (χ0n) is 15.9. The number of aryl methyl sites for hydroxylation is 1. The molecule has 1 N–H and O–H groups in total. The lowest BCUT2D eigenvalue weighted by Gasteiger charge is -2.05. The Morgan fingerprint density at radius 1 is 0.933 bits per heavy atom. The van der Waals surface area contributed by atoms with Crippen LogP contribution in [-0.4, -0.2) is 21.0 Å². The second-order valence-electron chi connectivity index (χ2n) is 6.62. The van der Waals surface area contributed by atoms with E-state index in [0.29, 0.717) is 23.0 Å². The van der Waals surface area contributed by atoms with Crippen LogP contribution in [0.25, 0.3) is 22.9 Å². The molecule has 0 saturated carbocycles. The molecule has 1 heterocycles. The summed E-state index contributed by atoms with van der Waals surface area (Å²) < 4.78 is 5.76. The molecule has 0 atom stereocenters. The van der Waals surface area contributed by atoms with Crippen LogP contribution in [0.15, 0.2) is 77.2 Å². The van der Waals surface area contributed by atoms with Crippen LogP contribution in [0.4, 0.5) is 11.4 Å². The third kappa shape index (κ3) is 4.07. The lowest BCUT2D eigenvalue weighted by molar-refractivity contribution is -0.384. The molecule has 1 aromatic heterocycles. The van der Waals surface area contributed by atoms with E-state index in [1.54, 1.807) is 24.3 Å². The smallest absolute Gasteiger partial charge is 0.270 e. The maximum atomic E-state index is 12.4. The summed E-state index contributed by atoms with van der Waals surface area (Å²) in [5, 5.41) is 21.8. The van der Waals surface area contributed by atoms with Gasteiger partial charge in [0.2, 0.25) is 11.8 Å². The normalized spacial score (nSPS) is 10.6. The van der Waals surface area contributed by atoms with Gasteiger partial charge >= 0.3 is 0 Å². The van der Waals surface area contributed by atoms with Crippen LogP contribution in [0, 0.1) is 17.0 Å². The van der Waals surface area contributed by atoms with Gasteiger partial charge in [-0.3, -0.25) is 14.9 Å². The van der Waals surface area contributed by atoms with Gasteiger partial charge in [0.1, 0.15) is 0 Å². The number of anilines is 1. The number of aromatic nitrogens is 2. The Hall–Kier alpha value is -4.33. The minimum absolute atomic E-state index is 0.140. The van der Waals surface area contributed by atoms with Crippen LogP contribution < -0.4 is 5.32 Å². The number of hydrogen-bond donors (Lipinski definition) is 1. The van der Waals surface area contributed by atoms with Crippen LogP contribution in [0.2, 0.25) is 0 Å². The Bertz CT molecular complexity index is 1230. The van der Waals surface area contributed by atoms with E-state index in [1.165, 1.54) is 24.3 Å². The number of nitro benzene ring substituents is 1. The van der Waals surface area contributed by atoms with Crippen molar-refractivity contribution in [1.82, 2.24) is 10.2 Å². The first-order valence-corrected chi connectivity index (χ1v) is 9.06. The Kier molecular flexibility index (Phi) is 5.04. The van der Waals surface area contributed by atoms with Gasteiger partial charge in [0, 0.05) is 34.5 Å². The van der Waals surface area contributed by atoms with Crippen molar-refractivity contribution in [2.24, 2.45) is 0 Å². The molecule has 30 heavy (non-hydrogen) atoms. The summed E-state index contributed by atoms with van der Waals surface area (Å²) in [6.07, 6.45) is 0. The Labute approximate surface area is 171 Å². The molecule has 0 aliphatic heterocycles. The Morgan fingerprint density at radius 2 is 1.63 bits per heavy atom. The topological polar surface area (TPSA) is 111 Å². The van der Waals surface area contributed by atoms with E-state index < -0.39 is 10.8 Å². The molecule has 148 valence electrons. The Morgan fingerprint density at radius 3 is 2.33 bits per heavy atom. The van der Waals surface area contributed by atoms with Crippen molar-refractivity contribution in [3.05, 3.63) is 94.0 Å². The molecule has 3 aromatic carbocycles. The van der Waals surface area contributed by atoms with Crippen LogP contribution in [0.1, 0.15) is 15.9 Å². The minimum atomic E-state index is -0.541.